The van der Waals surface area contributed by atoms with Crippen molar-refractivity contribution >= 4 is 23.1 Å². The molecule has 2 heterocycles. The van der Waals surface area contributed by atoms with Crippen LogP contribution < -0.4 is 5.32 Å². The number of methoxy groups -OCH3 is 1. The molecule has 124 valence electrons. The highest BCUT2D eigenvalue weighted by Crippen LogP contribution is 2.33. The van der Waals surface area contributed by atoms with Crippen molar-refractivity contribution in [2.45, 2.75) is 0 Å². The first-order valence-electron chi connectivity index (χ1n) is 7.72. The zero-order valence-electron chi connectivity index (χ0n) is 13.7. The van der Waals surface area contributed by atoms with Gasteiger partial charge in [-0.2, -0.15) is 0 Å². The van der Waals surface area contributed by atoms with Gasteiger partial charge in [-0.25, -0.2) is 0 Å². The Kier molecular flexibility index (Phi) is 4.57. The minimum atomic E-state index is -0.133. The lowest BCUT2D eigenvalue weighted by atomic mass is 9.87. The van der Waals surface area contributed by atoms with Gasteiger partial charge < -0.3 is 15.0 Å². The van der Waals surface area contributed by atoms with Crippen molar-refractivity contribution in [3.63, 3.8) is 0 Å². The quantitative estimate of drug-likeness (QED) is 0.833. The molecule has 0 saturated heterocycles. The lowest BCUT2D eigenvalue weighted by molar-refractivity contribution is -0.121. The molecule has 0 aromatic heterocycles. The molecule has 0 saturated carbocycles. The van der Waals surface area contributed by atoms with E-state index in [1.54, 1.807) is 37.4 Å². The summed E-state index contributed by atoms with van der Waals surface area (Å²) in [6.45, 7) is 0.953. The Balaban J connectivity index is 1.79. The van der Waals surface area contributed by atoms with E-state index in [9.17, 15) is 9.59 Å². The number of carbonyl (C=O) groups excluding carboxylic acids is 2. The maximum absolute atomic E-state index is 12.1. The van der Waals surface area contributed by atoms with Gasteiger partial charge in [-0.05, 0) is 23.3 Å². The van der Waals surface area contributed by atoms with Crippen molar-refractivity contribution in [2.24, 2.45) is 10.9 Å². The highest BCUT2D eigenvalue weighted by Gasteiger charge is 2.33. The normalized spacial score (nSPS) is 19.0. The first-order valence-corrected chi connectivity index (χ1v) is 7.72. The summed E-state index contributed by atoms with van der Waals surface area (Å²) < 4.78 is 4.91. The molecule has 0 aliphatic carbocycles. The molecule has 0 radical (unpaired) electrons. The molecule has 0 bridgehead atoms. The summed E-state index contributed by atoms with van der Waals surface area (Å²) in [6.07, 6.45) is 5.41. The number of nitrogens with one attached hydrogen (secondary N) is 1. The molecule has 0 fully saturated rings. The van der Waals surface area contributed by atoms with Gasteiger partial charge in [0.25, 0.3) is 11.8 Å². The van der Waals surface area contributed by atoms with Crippen LogP contribution in [0.15, 0.2) is 47.7 Å². The summed E-state index contributed by atoms with van der Waals surface area (Å²) in [6, 6.07) is 7.35. The summed E-state index contributed by atoms with van der Waals surface area (Å²) in [4.78, 5) is 29.8. The Labute approximate surface area is 140 Å². The van der Waals surface area contributed by atoms with Crippen molar-refractivity contribution in [3.8, 4) is 0 Å². The third-order valence-corrected chi connectivity index (χ3v) is 4.07. The molecule has 0 spiro atoms. The number of fused-ring (bicyclic) bond motifs is 1. The van der Waals surface area contributed by atoms with E-state index >= 15 is 0 Å². The molecule has 24 heavy (non-hydrogen) atoms. The van der Waals surface area contributed by atoms with Gasteiger partial charge in [0.2, 0.25) is 0 Å². The first kappa shape index (κ1) is 16.1. The minimum Gasteiger partial charge on any atom is -0.383 e. The van der Waals surface area contributed by atoms with Crippen LogP contribution in [0.25, 0.3) is 5.57 Å². The molecule has 6 nitrogen and oxygen atoms in total. The monoisotopic (exact) mass is 325 g/mol. The van der Waals surface area contributed by atoms with E-state index < -0.39 is 0 Å². The maximum Gasteiger partial charge on any atom is 0.272 e. The number of carbonyl (C=O) groups is 2. The zero-order valence-corrected chi connectivity index (χ0v) is 13.7. The number of ether oxygens (including phenoxy) is 1. The number of allylic oxidation sites excluding steroid dienone is 2. The highest BCUT2D eigenvalue weighted by molar-refractivity contribution is 6.44. The van der Waals surface area contributed by atoms with E-state index in [1.807, 2.05) is 24.4 Å². The third kappa shape index (κ3) is 3.00. The number of rotatable bonds is 5. The molecule has 1 aromatic rings. The summed E-state index contributed by atoms with van der Waals surface area (Å²) in [7, 11) is 3.31. The van der Waals surface area contributed by atoms with E-state index in [0.29, 0.717) is 24.4 Å². The molecule has 1 N–H and O–H groups in total. The number of amides is 2. The van der Waals surface area contributed by atoms with E-state index in [1.165, 1.54) is 0 Å². The molecule has 2 aliphatic rings. The van der Waals surface area contributed by atoms with Crippen molar-refractivity contribution < 1.29 is 14.3 Å². The Hall–Kier alpha value is -2.73. The summed E-state index contributed by atoms with van der Waals surface area (Å²) in [5.41, 5.74) is 3.09. The molecule has 6 heteroatoms. The standard InChI is InChI=1S/C18H19N3O3/c1-21-11-15(14-7-8-19-16(14)18(21)23)12-3-5-13(6-4-12)17(22)20-9-10-24-2/h3-8,11,14H,9-10H2,1-2H3,(H,20,22). The number of hydrogen-bond acceptors (Lipinski definition) is 4. The van der Waals surface area contributed by atoms with Crippen LogP contribution in [0, 0.1) is 5.92 Å². The maximum atomic E-state index is 12.1. The Morgan fingerprint density at radius 3 is 2.79 bits per heavy atom. The smallest absolute Gasteiger partial charge is 0.272 e. The molecule has 1 atom stereocenters. The van der Waals surface area contributed by atoms with Gasteiger partial charge >= 0.3 is 0 Å². The fourth-order valence-corrected chi connectivity index (χ4v) is 2.79. The van der Waals surface area contributed by atoms with Gasteiger partial charge in [-0.1, -0.05) is 18.2 Å². The summed E-state index contributed by atoms with van der Waals surface area (Å²) >= 11 is 0. The lowest BCUT2D eigenvalue weighted by Gasteiger charge is -2.26. The minimum absolute atomic E-state index is 0.0807. The Bertz CT molecular complexity index is 747. The van der Waals surface area contributed by atoms with Crippen LogP contribution in [0.5, 0.6) is 0 Å². The van der Waals surface area contributed by atoms with Gasteiger partial charge in [0.1, 0.15) is 5.71 Å². The molecule has 1 aromatic carbocycles. The number of aliphatic imine (C=N–C) groups is 1. The predicted molar refractivity (Wildman–Crippen MR) is 91.5 cm³/mol. The number of hydrogen-bond donors (Lipinski definition) is 1. The van der Waals surface area contributed by atoms with Crippen LogP contribution in [0.4, 0.5) is 0 Å². The van der Waals surface area contributed by atoms with Gasteiger partial charge in [0.15, 0.2) is 0 Å². The van der Waals surface area contributed by atoms with E-state index in [4.69, 9.17) is 4.74 Å². The second-order valence-corrected chi connectivity index (χ2v) is 5.66. The van der Waals surface area contributed by atoms with Crippen LogP contribution in [0.1, 0.15) is 15.9 Å². The van der Waals surface area contributed by atoms with Crippen LogP contribution >= 0.6 is 0 Å². The molecular formula is C18H19N3O3. The fraction of sp³-hybridized carbons (Fsp3) is 0.278. The van der Waals surface area contributed by atoms with Crippen molar-refractivity contribution in [2.75, 3.05) is 27.3 Å². The van der Waals surface area contributed by atoms with Crippen LogP contribution in [-0.4, -0.2) is 49.7 Å². The largest absolute Gasteiger partial charge is 0.383 e. The van der Waals surface area contributed by atoms with Crippen LogP contribution in [-0.2, 0) is 9.53 Å². The van der Waals surface area contributed by atoms with E-state index in [-0.39, 0.29) is 17.7 Å². The molecule has 1 unspecified atom stereocenters. The third-order valence-electron chi connectivity index (χ3n) is 4.07. The molecule has 2 aliphatic heterocycles. The average Bonchev–Trinajstić information content (AvgIpc) is 3.08. The van der Waals surface area contributed by atoms with Gasteiger partial charge in [0, 0.05) is 38.7 Å². The number of nitrogens with zero attached hydrogens (tertiary/aromatic N) is 2. The topological polar surface area (TPSA) is 71.0 Å². The van der Waals surface area contributed by atoms with Gasteiger partial charge in [-0.15, -0.1) is 0 Å². The van der Waals surface area contributed by atoms with Gasteiger partial charge in [0.05, 0.1) is 12.5 Å². The van der Waals surface area contributed by atoms with Crippen molar-refractivity contribution in [1.29, 1.82) is 0 Å². The van der Waals surface area contributed by atoms with Crippen LogP contribution in [0.2, 0.25) is 0 Å². The van der Waals surface area contributed by atoms with Gasteiger partial charge in [-0.3, -0.25) is 14.6 Å². The lowest BCUT2D eigenvalue weighted by Crippen LogP contribution is -2.37. The van der Waals surface area contributed by atoms with Crippen molar-refractivity contribution in [1.82, 2.24) is 10.2 Å². The molecular weight excluding hydrogens is 306 g/mol. The first-order chi connectivity index (χ1) is 11.6. The Morgan fingerprint density at radius 1 is 1.33 bits per heavy atom. The van der Waals surface area contributed by atoms with E-state index in [0.717, 1.165) is 11.1 Å². The summed E-state index contributed by atoms with van der Waals surface area (Å²) in [5.74, 6) is -0.329. The molecule has 3 rings (SSSR count). The average molecular weight is 325 g/mol. The zero-order chi connectivity index (χ0) is 17.1. The Morgan fingerprint density at radius 2 is 2.08 bits per heavy atom. The summed E-state index contributed by atoms with van der Waals surface area (Å²) in [5, 5.41) is 2.79. The van der Waals surface area contributed by atoms with Crippen LogP contribution in [0.3, 0.4) is 0 Å². The fourth-order valence-electron chi connectivity index (χ4n) is 2.79. The van der Waals surface area contributed by atoms with Crippen molar-refractivity contribution in [3.05, 3.63) is 53.9 Å². The molecule has 2 amide bonds. The SMILES string of the molecule is COCCNC(=O)c1ccc(C2=CN(C)C(=O)C3=NC=CC23)cc1. The highest BCUT2D eigenvalue weighted by atomic mass is 16.5. The predicted octanol–water partition coefficient (Wildman–Crippen LogP) is 1.46. The second-order valence-electron chi connectivity index (χ2n) is 5.66. The van der Waals surface area contributed by atoms with E-state index in [2.05, 4.69) is 10.3 Å². The second kappa shape index (κ2) is 6.80. The number of benzene rings is 1.